The number of nitro benzene ring substituents is 2. The number of hydrogen-bond acceptors (Lipinski definition) is 7. The molecule has 1 aliphatic rings. The van der Waals surface area contributed by atoms with Gasteiger partial charge in [-0.25, -0.2) is 5.01 Å². The van der Waals surface area contributed by atoms with Gasteiger partial charge in [0.15, 0.2) is 0 Å². The first-order chi connectivity index (χ1) is 15.2. The lowest BCUT2D eigenvalue weighted by atomic mass is 9.98. The van der Waals surface area contributed by atoms with Crippen LogP contribution in [0.3, 0.4) is 0 Å². The molecule has 1 heterocycles. The summed E-state index contributed by atoms with van der Waals surface area (Å²) in [7, 11) is 0. The summed E-state index contributed by atoms with van der Waals surface area (Å²) in [5.41, 5.74) is 1.41. The van der Waals surface area contributed by atoms with Gasteiger partial charge in [0.05, 0.1) is 28.1 Å². The molecular formula is C21H21N5O6. The molecule has 0 fully saturated rings. The third-order valence-electron chi connectivity index (χ3n) is 4.98. The molecule has 0 radical (unpaired) electrons. The van der Waals surface area contributed by atoms with E-state index in [4.69, 9.17) is 0 Å². The van der Waals surface area contributed by atoms with Gasteiger partial charge in [-0.3, -0.25) is 29.8 Å². The number of nitrogens with one attached hydrogen (secondary N) is 1. The molecule has 32 heavy (non-hydrogen) atoms. The summed E-state index contributed by atoms with van der Waals surface area (Å²) in [5.74, 6) is -1.07. The van der Waals surface area contributed by atoms with Gasteiger partial charge in [0.25, 0.3) is 17.3 Å². The Morgan fingerprint density at radius 2 is 1.75 bits per heavy atom. The number of benzene rings is 2. The lowest BCUT2D eigenvalue weighted by Gasteiger charge is -2.22. The van der Waals surface area contributed by atoms with Crippen LogP contribution in [0.5, 0.6) is 0 Å². The Bertz CT molecular complexity index is 1100. The van der Waals surface area contributed by atoms with Crippen molar-refractivity contribution in [1.29, 1.82) is 0 Å². The highest BCUT2D eigenvalue weighted by Crippen LogP contribution is 2.34. The van der Waals surface area contributed by atoms with E-state index in [-0.39, 0.29) is 36.2 Å². The molecule has 0 bridgehead atoms. The lowest BCUT2D eigenvalue weighted by molar-refractivity contribution is -0.385. The topological polar surface area (TPSA) is 148 Å². The third kappa shape index (κ3) is 4.94. The maximum Gasteiger partial charge on any atom is 0.269 e. The Kier molecular flexibility index (Phi) is 6.57. The number of nitrogens with zero attached hydrogens (tertiary/aromatic N) is 4. The molecule has 1 N–H and O–H groups in total. The number of amides is 2. The van der Waals surface area contributed by atoms with Gasteiger partial charge in [0.1, 0.15) is 0 Å². The van der Waals surface area contributed by atoms with Gasteiger partial charge >= 0.3 is 0 Å². The summed E-state index contributed by atoms with van der Waals surface area (Å²) in [6.45, 7) is 3.12. The zero-order valence-electron chi connectivity index (χ0n) is 17.4. The monoisotopic (exact) mass is 439 g/mol. The summed E-state index contributed by atoms with van der Waals surface area (Å²) in [6.07, 6.45) is 0.253. The fraction of sp³-hybridized carbons (Fsp3) is 0.286. The normalized spacial score (nSPS) is 15.4. The predicted octanol–water partition coefficient (Wildman–Crippen LogP) is 2.95. The summed E-state index contributed by atoms with van der Waals surface area (Å²) in [5, 5.41) is 30.3. The van der Waals surface area contributed by atoms with Crippen molar-refractivity contribution >= 4 is 28.9 Å². The van der Waals surface area contributed by atoms with Gasteiger partial charge in [-0.1, -0.05) is 26.0 Å². The molecule has 2 aromatic rings. The van der Waals surface area contributed by atoms with Gasteiger partial charge in [-0.2, -0.15) is 5.10 Å². The molecule has 1 aliphatic heterocycles. The SMILES string of the molecule is CC(C)C(=O)NCC(=O)N1N=C(c2ccc([N+](=O)[O-])cc2)C[C@@H]1c1cccc([N+](=O)[O-])c1. The maximum atomic E-state index is 12.9. The van der Waals surface area contributed by atoms with Gasteiger partial charge in [0.2, 0.25) is 5.91 Å². The minimum atomic E-state index is -0.622. The molecule has 2 aromatic carbocycles. The fourth-order valence-electron chi connectivity index (χ4n) is 3.24. The molecule has 0 unspecified atom stereocenters. The minimum Gasteiger partial charge on any atom is -0.347 e. The van der Waals surface area contributed by atoms with Crippen molar-refractivity contribution in [2.75, 3.05) is 6.54 Å². The highest BCUT2D eigenvalue weighted by atomic mass is 16.6. The molecule has 166 valence electrons. The number of hydrogen-bond donors (Lipinski definition) is 1. The first-order valence-electron chi connectivity index (χ1n) is 9.83. The van der Waals surface area contributed by atoms with E-state index in [0.29, 0.717) is 16.8 Å². The van der Waals surface area contributed by atoms with Crippen LogP contribution in [0.4, 0.5) is 11.4 Å². The van der Waals surface area contributed by atoms with Gasteiger partial charge in [0, 0.05) is 36.6 Å². The van der Waals surface area contributed by atoms with Crippen LogP contribution in [0, 0.1) is 26.1 Å². The Hall–Kier alpha value is -4.15. The van der Waals surface area contributed by atoms with Crippen molar-refractivity contribution in [2.45, 2.75) is 26.3 Å². The fourth-order valence-corrected chi connectivity index (χ4v) is 3.24. The Morgan fingerprint density at radius 1 is 1.09 bits per heavy atom. The van der Waals surface area contributed by atoms with Crippen LogP contribution >= 0.6 is 0 Å². The van der Waals surface area contributed by atoms with E-state index in [1.807, 2.05) is 0 Å². The zero-order valence-corrected chi connectivity index (χ0v) is 17.4. The van der Waals surface area contributed by atoms with E-state index >= 15 is 0 Å². The largest absolute Gasteiger partial charge is 0.347 e. The number of carbonyl (C=O) groups is 2. The molecule has 0 aliphatic carbocycles. The molecule has 11 nitrogen and oxygen atoms in total. The van der Waals surface area contributed by atoms with E-state index in [9.17, 15) is 29.8 Å². The summed E-state index contributed by atoms with van der Waals surface area (Å²) in [6, 6.07) is 11.1. The van der Waals surface area contributed by atoms with Crippen LogP contribution in [-0.2, 0) is 9.59 Å². The van der Waals surface area contributed by atoms with Crippen LogP contribution in [-0.4, -0.2) is 38.9 Å². The maximum absolute atomic E-state index is 12.9. The second-order valence-corrected chi connectivity index (χ2v) is 7.53. The van der Waals surface area contributed by atoms with E-state index in [1.54, 1.807) is 19.9 Å². The van der Waals surface area contributed by atoms with Crippen molar-refractivity contribution in [3.05, 3.63) is 79.9 Å². The summed E-state index contributed by atoms with van der Waals surface area (Å²) in [4.78, 5) is 45.8. The summed E-state index contributed by atoms with van der Waals surface area (Å²) < 4.78 is 0. The number of non-ortho nitro benzene ring substituents is 2. The second-order valence-electron chi connectivity index (χ2n) is 7.53. The van der Waals surface area contributed by atoms with Crippen molar-refractivity contribution in [3.63, 3.8) is 0 Å². The van der Waals surface area contributed by atoms with E-state index in [2.05, 4.69) is 10.4 Å². The van der Waals surface area contributed by atoms with Gasteiger partial charge in [-0.05, 0) is 23.3 Å². The molecular weight excluding hydrogens is 418 g/mol. The van der Waals surface area contributed by atoms with Crippen molar-refractivity contribution in [3.8, 4) is 0 Å². The van der Waals surface area contributed by atoms with Crippen LogP contribution in [0.1, 0.15) is 37.4 Å². The molecule has 1 atom stereocenters. The van der Waals surface area contributed by atoms with Gasteiger partial charge in [-0.15, -0.1) is 0 Å². The first-order valence-corrected chi connectivity index (χ1v) is 9.83. The van der Waals surface area contributed by atoms with E-state index in [0.717, 1.165) is 0 Å². The van der Waals surface area contributed by atoms with Crippen molar-refractivity contribution in [1.82, 2.24) is 10.3 Å². The highest BCUT2D eigenvalue weighted by Gasteiger charge is 2.34. The van der Waals surface area contributed by atoms with E-state index < -0.39 is 21.8 Å². The van der Waals surface area contributed by atoms with Crippen molar-refractivity contribution in [2.24, 2.45) is 11.0 Å². The molecule has 0 saturated carbocycles. The Labute approximate surface area is 183 Å². The Morgan fingerprint density at radius 3 is 2.34 bits per heavy atom. The number of nitro groups is 2. The van der Waals surface area contributed by atoms with Crippen LogP contribution < -0.4 is 5.32 Å². The standard InChI is InChI=1S/C21H21N5O6/c1-13(2)21(28)22-12-20(27)24-19(15-4-3-5-17(10-15)26(31)32)11-18(23-24)14-6-8-16(9-7-14)25(29)30/h3-10,13,19H,11-12H2,1-2H3,(H,22,28)/t19-/m1/s1. The van der Waals surface area contributed by atoms with E-state index in [1.165, 1.54) is 47.5 Å². The highest BCUT2D eigenvalue weighted by molar-refractivity contribution is 6.03. The molecule has 0 spiro atoms. The number of rotatable bonds is 7. The second kappa shape index (κ2) is 9.33. The first kappa shape index (κ1) is 22.5. The number of carbonyl (C=O) groups excluding carboxylic acids is 2. The average molecular weight is 439 g/mol. The molecule has 3 rings (SSSR count). The third-order valence-corrected chi connectivity index (χ3v) is 4.98. The molecule has 2 amide bonds. The minimum absolute atomic E-state index is 0.0769. The van der Waals surface area contributed by atoms with Crippen LogP contribution in [0.15, 0.2) is 53.6 Å². The quantitative estimate of drug-likeness (QED) is 0.518. The predicted molar refractivity (Wildman–Crippen MR) is 115 cm³/mol. The summed E-state index contributed by atoms with van der Waals surface area (Å²) >= 11 is 0. The zero-order chi connectivity index (χ0) is 23.4. The smallest absolute Gasteiger partial charge is 0.269 e. The lowest BCUT2D eigenvalue weighted by Crippen LogP contribution is -2.39. The van der Waals surface area contributed by atoms with Gasteiger partial charge < -0.3 is 5.32 Å². The Balaban J connectivity index is 1.91. The number of hydrazone groups is 1. The molecule has 0 saturated heterocycles. The van der Waals surface area contributed by atoms with Crippen LogP contribution in [0.2, 0.25) is 0 Å². The molecule has 0 aromatic heterocycles. The molecule has 11 heteroatoms. The van der Waals surface area contributed by atoms with Crippen molar-refractivity contribution < 1.29 is 19.4 Å². The van der Waals surface area contributed by atoms with Crippen LogP contribution in [0.25, 0.3) is 0 Å². The average Bonchev–Trinajstić information content (AvgIpc) is 3.23.